The minimum absolute atomic E-state index is 0.0131. The number of piperazine rings is 1. The highest BCUT2D eigenvalue weighted by Crippen LogP contribution is 2.13. The molecule has 1 amide bonds. The quantitative estimate of drug-likeness (QED) is 0.751. The molecule has 1 aromatic rings. The van der Waals surface area contributed by atoms with Crippen molar-refractivity contribution in [3.8, 4) is 0 Å². The molecule has 1 aliphatic rings. The molecule has 1 aliphatic heterocycles. The number of furan rings is 1. The third-order valence-corrected chi connectivity index (χ3v) is 3.03. The van der Waals surface area contributed by atoms with Crippen molar-refractivity contribution in [2.24, 2.45) is 0 Å². The predicted octanol–water partition coefficient (Wildman–Crippen LogP) is 1.10. The van der Waals surface area contributed by atoms with Gasteiger partial charge in [-0.2, -0.15) is 0 Å². The second-order valence-corrected chi connectivity index (χ2v) is 3.96. The number of carbonyl (C=O) groups excluding carboxylic acids is 1. The summed E-state index contributed by atoms with van der Waals surface area (Å²) in [7, 11) is 0. The molecule has 0 saturated carbocycles. The van der Waals surface area contributed by atoms with Crippen LogP contribution in [0.5, 0.6) is 0 Å². The van der Waals surface area contributed by atoms with Crippen LogP contribution in [-0.4, -0.2) is 36.0 Å². The maximum Gasteiger partial charge on any atom is 0.289 e. The van der Waals surface area contributed by atoms with Crippen molar-refractivity contribution in [2.45, 2.75) is 25.9 Å². The largest absolute Gasteiger partial charge is 0.459 e. The topological polar surface area (TPSA) is 45.5 Å². The lowest BCUT2D eigenvalue weighted by atomic mass is 10.1. The molecule has 0 aliphatic carbocycles. The first-order valence-corrected chi connectivity index (χ1v) is 5.28. The molecular formula is C11H16N2O2. The normalized spacial score (nSPS) is 26.7. The van der Waals surface area contributed by atoms with E-state index in [1.54, 1.807) is 12.1 Å². The molecule has 1 aromatic heterocycles. The molecular weight excluding hydrogens is 192 g/mol. The molecule has 2 heterocycles. The van der Waals surface area contributed by atoms with Crippen molar-refractivity contribution in [3.63, 3.8) is 0 Å². The van der Waals surface area contributed by atoms with Crippen molar-refractivity contribution in [3.05, 3.63) is 24.2 Å². The number of carbonyl (C=O) groups is 1. The van der Waals surface area contributed by atoms with Crippen molar-refractivity contribution in [1.82, 2.24) is 10.2 Å². The maximum absolute atomic E-state index is 12.0. The van der Waals surface area contributed by atoms with Crippen LogP contribution in [0.25, 0.3) is 0 Å². The van der Waals surface area contributed by atoms with E-state index in [1.165, 1.54) is 6.26 Å². The van der Waals surface area contributed by atoms with Crippen molar-refractivity contribution >= 4 is 5.91 Å². The Labute approximate surface area is 89.2 Å². The molecule has 1 fully saturated rings. The third kappa shape index (κ3) is 1.90. The first-order valence-electron chi connectivity index (χ1n) is 5.28. The zero-order chi connectivity index (χ0) is 10.8. The molecule has 15 heavy (non-hydrogen) atoms. The van der Waals surface area contributed by atoms with Gasteiger partial charge in [0.2, 0.25) is 0 Å². The van der Waals surface area contributed by atoms with Gasteiger partial charge in [0, 0.05) is 25.2 Å². The van der Waals surface area contributed by atoms with Gasteiger partial charge in [-0.05, 0) is 26.0 Å². The van der Waals surface area contributed by atoms with E-state index >= 15 is 0 Å². The second-order valence-electron chi connectivity index (χ2n) is 3.96. The molecule has 2 atom stereocenters. The van der Waals surface area contributed by atoms with Gasteiger partial charge in [-0.3, -0.25) is 4.79 Å². The van der Waals surface area contributed by atoms with Crippen LogP contribution in [0.3, 0.4) is 0 Å². The van der Waals surface area contributed by atoms with Crippen molar-refractivity contribution in [1.29, 1.82) is 0 Å². The van der Waals surface area contributed by atoms with E-state index in [2.05, 4.69) is 19.2 Å². The van der Waals surface area contributed by atoms with Crippen molar-refractivity contribution in [2.75, 3.05) is 13.1 Å². The molecule has 2 rings (SSSR count). The van der Waals surface area contributed by atoms with Gasteiger partial charge in [0.15, 0.2) is 5.76 Å². The Bertz CT molecular complexity index is 334. The minimum atomic E-state index is -0.0131. The molecule has 0 spiro atoms. The first kappa shape index (κ1) is 10.2. The zero-order valence-corrected chi connectivity index (χ0v) is 9.06. The molecule has 0 bridgehead atoms. The lowest BCUT2D eigenvalue weighted by Crippen LogP contribution is -2.57. The molecule has 0 radical (unpaired) electrons. The number of hydrogen-bond donors (Lipinski definition) is 1. The van der Waals surface area contributed by atoms with Gasteiger partial charge in [0.25, 0.3) is 5.91 Å². The van der Waals surface area contributed by atoms with Gasteiger partial charge in [-0.25, -0.2) is 0 Å². The average molecular weight is 208 g/mol. The first-order chi connectivity index (χ1) is 7.20. The van der Waals surface area contributed by atoms with E-state index in [4.69, 9.17) is 4.42 Å². The Morgan fingerprint density at radius 1 is 1.60 bits per heavy atom. The summed E-state index contributed by atoms with van der Waals surface area (Å²) in [6.45, 7) is 5.73. The Hall–Kier alpha value is -1.29. The molecule has 2 unspecified atom stereocenters. The molecule has 1 N–H and O–H groups in total. The highest BCUT2D eigenvalue weighted by molar-refractivity contribution is 5.91. The van der Waals surface area contributed by atoms with Crippen LogP contribution < -0.4 is 5.32 Å². The van der Waals surface area contributed by atoms with Crippen LogP contribution in [0.2, 0.25) is 0 Å². The summed E-state index contributed by atoms with van der Waals surface area (Å²) in [6, 6.07) is 3.99. The highest BCUT2D eigenvalue weighted by atomic mass is 16.3. The lowest BCUT2D eigenvalue weighted by Gasteiger charge is -2.38. The fourth-order valence-electron chi connectivity index (χ4n) is 1.89. The number of amides is 1. The molecule has 1 saturated heterocycles. The number of nitrogens with zero attached hydrogens (tertiary/aromatic N) is 1. The highest BCUT2D eigenvalue weighted by Gasteiger charge is 2.29. The summed E-state index contributed by atoms with van der Waals surface area (Å²) in [4.78, 5) is 13.9. The van der Waals surface area contributed by atoms with E-state index in [0.29, 0.717) is 11.8 Å². The van der Waals surface area contributed by atoms with Crippen LogP contribution in [0, 0.1) is 0 Å². The summed E-state index contributed by atoms with van der Waals surface area (Å²) < 4.78 is 5.12. The van der Waals surface area contributed by atoms with Gasteiger partial charge in [-0.15, -0.1) is 0 Å². The van der Waals surface area contributed by atoms with Gasteiger partial charge in [-0.1, -0.05) is 0 Å². The van der Waals surface area contributed by atoms with E-state index in [9.17, 15) is 4.79 Å². The fraction of sp³-hybridized carbons (Fsp3) is 0.545. The van der Waals surface area contributed by atoms with Crippen molar-refractivity contribution < 1.29 is 9.21 Å². The van der Waals surface area contributed by atoms with Gasteiger partial charge in [0.05, 0.1) is 6.26 Å². The van der Waals surface area contributed by atoms with Crippen LogP contribution in [0.1, 0.15) is 24.4 Å². The molecule has 4 heteroatoms. The van der Waals surface area contributed by atoms with E-state index in [0.717, 1.165) is 13.1 Å². The minimum Gasteiger partial charge on any atom is -0.459 e. The fourth-order valence-corrected chi connectivity index (χ4v) is 1.89. The SMILES string of the molecule is CC1NCCN(C(=O)c2ccco2)C1C. The summed E-state index contributed by atoms with van der Waals surface area (Å²) in [5.41, 5.74) is 0. The van der Waals surface area contributed by atoms with E-state index in [1.807, 2.05) is 4.90 Å². The van der Waals surface area contributed by atoms with Gasteiger partial charge < -0.3 is 14.6 Å². The Morgan fingerprint density at radius 2 is 2.40 bits per heavy atom. The van der Waals surface area contributed by atoms with Crippen LogP contribution in [0.15, 0.2) is 22.8 Å². The second kappa shape index (κ2) is 4.06. The molecule has 0 aromatic carbocycles. The van der Waals surface area contributed by atoms with Gasteiger partial charge in [0.1, 0.15) is 0 Å². The summed E-state index contributed by atoms with van der Waals surface area (Å²) in [6.07, 6.45) is 1.53. The summed E-state index contributed by atoms with van der Waals surface area (Å²) in [5.74, 6) is 0.414. The number of hydrogen-bond acceptors (Lipinski definition) is 3. The van der Waals surface area contributed by atoms with Crippen LogP contribution in [-0.2, 0) is 0 Å². The Morgan fingerprint density at radius 3 is 3.07 bits per heavy atom. The smallest absolute Gasteiger partial charge is 0.289 e. The number of nitrogens with one attached hydrogen (secondary N) is 1. The van der Waals surface area contributed by atoms with E-state index < -0.39 is 0 Å². The lowest BCUT2D eigenvalue weighted by molar-refractivity contribution is 0.0571. The summed E-state index contributed by atoms with van der Waals surface area (Å²) >= 11 is 0. The predicted molar refractivity (Wildman–Crippen MR) is 56.7 cm³/mol. The summed E-state index contributed by atoms with van der Waals surface area (Å²) in [5, 5.41) is 3.34. The standard InChI is InChI=1S/C11H16N2O2/c1-8-9(2)13(6-5-12-8)11(14)10-4-3-7-15-10/h3-4,7-9,12H,5-6H2,1-2H3. The van der Waals surface area contributed by atoms with Gasteiger partial charge >= 0.3 is 0 Å². The monoisotopic (exact) mass is 208 g/mol. The molecule has 82 valence electrons. The zero-order valence-electron chi connectivity index (χ0n) is 9.06. The van der Waals surface area contributed by atoms with E-state index in [-0.39, 0.29) is 11.9 Å². The third-order valence-electron chi connectivity index (χ3n) is 3.03. The van der Waals surface area contributed by atoms with Crippen LogP contribution >= 0.6 is 0 Å². The maximum atomic E-state index is 12.0. The average Bonchev–Trinajstić information content (AvgIpc) is 2.74. The Kier molecular flexibility index (Phi) is 2.77. The molecule has 4 nitrogen and oxygen atoms in total. The van der Waals surface area contributed by atoms with Crippen LogP contribution in [0.4, 0.5) is 0 Å². The number of rotatable bonds is 1. The Balaban J connectivity index is 2.13.